The third-order valence-electron chi connectivity index (χ3n) is 2.31. The molecule has 0 amide bonds. The van der Waals surface area contributed by atoms with Crippen LogP contribution in [0.1, 0.15) is 5.56 Å². The summed E-state index contributed by atoms with van der Waals surface area (Å²) in [5.41, 5.74) is 0.889. The molecule has 0 aliphatic heterocycles. The zero-order valence-electron chi connectivity index (χ0n) is 9.78. The molecule has 19 heavy (non-hydrogen) atoms. The quantitative estimate of drug-likeness (QED) is 0.921. The molecule has 0 atom stereocenters. The highest BCUT2D eigenvalue weighted by Gasteiger charge is 2.15. The fourth-order valence-electron chi connectivity index (χ4n) is 1.48. The molecule has 0 radical (unpaired) electrons. The maximum atomic E-state index is 11.4. The SMILES string of the molecule is NS(=O)(=O)c1cccnc1OCc1cccc(Br)c1. The summed E-state index contributed by atoms with van der Waals surface area (Å²) in [7, 11) is -3.84. The average Bonchev–Trinajstić information content (AvgIpc) is 2.36. The van der Waals surface area contributed by atoms with Crippen LogP contribution in [0.5, 0.6) is 5.88 Å². The monoisotopic (exact) mass is 342 g/mol. The van der Waals surface area contributed by atoms with E-state index in [2.05, 4.69) is 20.9 Å². The van der Waals surface area contributed by atoms with Gasteiger partial charge in [-0.15, -0.1) is 0 Å². The Balaban J connectivity index is 2.21. The van der Waals surface area contributed by atoms with Crippen molar-refractivity contribution in [2.24, 2.45) is 5.14 Å². The molecule has 1 aromatic carbocycles. The van der Waals surface area contributed by atoms with Crippen LogP contribution in [0.3, 0.4) is 0 Å². The third kappa shape index (κ3) is 3.76. The summed E-state index contributed by atoms with van der Waals surface area (Å²) in [5, 5.41) is 5.10. The largest absolute Gasteiger partial charge is 0.472 e. The molecule has 7 heteroatoms. The van der Waals surface area contributed by atoms with E-state index in [-0.39, 0.29) is 17.4 Å². The molecular weight excluding hydrogens is 332 g/mol. The van der Waals surface area contributed by atoms with E-state index in [0.717, 1.165) is 10.0 Å². The third-order valence-corrected chi connectivity index (χ3v) is 3.72. The van der Waals surface area contributed by atoms with E-state index in [1.807, 2.05) is 24.3 Å². The van der Waals surface area contributed by atoms with Crippen molar-refractivity contribution in [1.29, 1.82) is 0 Å². The van der Waals surface area contributed by atoms with Crippen molar-refractivity contribution in [3.8, 4) is 5.88 Å². The first-order chi connectivity index (χ1) is 8.97. The summed E-state index contributed by atoms with van der Waals surface area (Å²) < 4.78 is 29.1. The van der Waals surface area contributed by atoms with Gasteiger partial charge in [-0.25, -0.2) is 18.5 Å². The van der Waals surface area contributed by atoms with Gasteiger partial charge in [0.25, 0.3) is 0 Å². The van der Waals surface area contributed by atoms with Crippen molar-refractivity contribution in [1.82, 2.24) is 4.98 Å². The molecular formula is C12H11BrN2O3S. The number of pyridine rings is 1. The Morgan fingerprint density at radius 2 is 2.05 bits per heavy atom. The fourth-order valence-corrected chi connectivity index (χ4v) is 2.55. The lowest BCUT2D eigenvalue weighted by molar-refractivity contribution is 0.285. The van der Waals surface area contributed by atoms with Crippen LogP contribution in [-0.2, 0) is 16.6 Å². The lowest BCUT2D eigenvalue weighted by Crippen LogP contribution is -2.14. The molecule has 0 spiro atoms. The highest BCUT2D eigenvalue weighted by molar-refractivity contribution is 9.10. The summed E-state index contributed by atoms with van der Waals surface area (Å²) >= 11 is 3.35. The van der Waals surface area contributed by atoms with E-state index in [1.165, 1.54) is 18.3 Å². The second-order valence-electron chi connectivity index (χ2n) is 3.77. The van der Waals surface area contributed by atoms with E-state index in [0.29, 0.717) is 0 Å². The van der Waals surface area contributed by atoms with Gasteiger partial charge in [0.15, 0.2) is 0 Å². The molecule has 2 aromatic rings. The number of primary sulfonamides is 1. The molecule has 5 nitrogen and oxygen atoms in total. The molecule has 0 unspecified atom stereocenters. The molecule has 0 saturated heterocycles. The maximum Gasteiger partial charge on any atom is 0.243 e. The number of hydrogen-bond donors (Lipinski definition) is 1. The zero-order valence-corrected chi connectivity index (χ0v) is 12.2. The topological polar surface area (TPSA) is 82.3 Å². The van der Waals surface area contributed by atoms with Gasteiger partial charge >= 0.3 is 0 Å². The van der Waals surface area contributed by atoms with Gasteiger partial charge in [-0.2, -0.15) is 0 Å². The Hall–Kier alpha value is -1.44. The average molecular weight is 343 g/mol. The van der Waals surface area contributed by atoms with E-state index >= 15 is 0 Å². The second-order valence-corrected chi connectivity index (χ2v) is 6.22. The first-order valence-electron chi connectivity index (χ1n) is 5.32. The minimum atomic E-state index is -3.84. The fraction of sp³-hybridized carbons (Fsp3) is 0.0833. The van der Waals surface area contributed by atoms with Crippen LogP contribution in [-0.4, -0.2) is 13.4 Å². The minimum Gasteiger partial charge on any atom is -0.472 e. The van der Waals surface area contributed by atoms with Crippen molar-refractivity contribution in [2.45, 2.75) is 11.5 Å². The molecule has 0 bridgehead atoms. The van der Waals surface area contributed by atoms with Gasteiger partial charge in [0.1, 0.15) is 11.5 Å². The van der Waals surface area contributed by atoms with Crippen LogP contribution < -0.4 is 9.88 Å². The van der Waals surface area contributed by atoms with Crippen molar-refractivity contribution in [3.05, 3.63) is 52.6 Å². The standard InChI is InChI=1S/C12H11BrN2O3S/c13-10-4-1-3-9(7-10)8-18-12-11(19(14,16)17)5-2-6-15-12/h1-7H,8H2,(H2,14,16,17). The Labute approximate surface area is 119 Å². The summed E-state index contributed by atoms with van der Waals surface area (Å²) in [4.78, 5) is 3.77. The Kier molecular flexibility index (Phi) is 4.18. The molecule has 0 aliphatic rings. The number of benzene rings is 1. The highest BCUT2D eigenvalue weighted by Crippen LogP contribution is 2.20. The predicted molar refractivity (Wildman–Crippen MR) is 74.1 cm³/mol. The van der Waals surface area contributed by atoms with Crippen molar-refractivity contribution in [3.63, 3.8) is 0 Å². The van der Waals surface area contributed by atoms with E-state index in [9.17, 15) is 8.42 Å². The van der Waals surface area contributed by atoms with E-state index < -0.39 is 10.0 Å². The van der Waals surface area contributed by atoms with Crippen molar-refractivity contribution in [2.75, 3.05) is 0 Å². The molecule has 1 heterocycles. The Bertz CT molecular complexity index is 689. The minimum absolute atomic E-state index is 0.00461. The lowest BCUT2D eigenvalue weighted by atomic mass is 10.2. The van der Waals surface area contributed by atoms with E-state index in [4.69, 9.17) is 9.88 Å². The summed E-state index contributed by atoms with van der Waals surface area (Å²) in [5.74, 6) is 0.00461. The molecule has 2 N–H and O–H groups in total. The molecule has 0 fully saturated rings. The van der Waals surface area contributed by atoms with E-state index in [1.54, 1.807) is 0 Å². The second kappa shape index (κ2) is 5.68. The molecule has 0 aliphatic carbocycles. The maximum absolute atomic E-state index is 11.4. The van der Waals surface area contributed by atoms with Gasteiger partial charge in [0, 0.05) is 10.7 Å². The van der Waals surface area contributed by atoms with Gasteiger partial charge in [-0.3, -0.25) is 0 Å². The summed E-state index contributed by atoms with van der Waals surface area (Å²) in [6.45, 7) is 0.207. The number of rotatable bonds is 4. The van der Waals surface area contributed by atoms with Crippen LogP contribution in [0, 0.1) is 0 Å². The first-order valence-corrected chi connectivity index (χ1v) is 7.66. The Morgan fingerprint density at radius 3 is 2.74 bits per heavy atom. The highest BCUT2D eigenvalue weighted by atomic mass is 79.9. The number of halogens is 1. The molecule has 100 valence electrons. The summed E-state index contributed by atoms with van der Waals surface area (Å²) in [6.07, 6.45) is 1.45. The predicted octanol–water partition coefficient (Wildman–Crippen LogP) is 2.07. The van der Waals surface area contributed by atoms with Crippen molar-refractivity contribution >= 4 is 26.0 Å². The van der Waals surface area contributed by atoms with Crippen LogP contribution in [0.2, 0.25) is 0 Å². The van der Waals surface area contributed by atoms with Gasteiger partial charge in [-0.1, -0.05) is 28.1 Å². The van der Waals surface area contributed by atoms with Gasteiger partial charge < -0.3 is 4.74 Å². The smallest absolute Gasteiger partial charge is 0.243 e. The number of hydrogen-bond acceptors (Lipinski definition) is 4. The lowest BCUT2D eigenvalue weighted by Gasteiger charge is -2.08. The van der Waals surface area contributed by atoms with Gasteiger partial charge in [-0.05, 0) is 29.8 Å². The van der Waals surface area contributed by atoms with Crippen LogP contribution in [0.25, 0.3) is 0 Å². The molecule has 2 rings (SSSR count). The molecule has 1 aromatic heterocycles. The van der Waals surface area contributed by atoms with Crippen LogP contribution >= 0.6 is 15.9 Å². The normalized spacial score (nSPS) is 11.3. The van der Waals surface area contributed by atoms with Crippen molar-refractivity contribution < 1.29 is 13.2 Å². The number of nitrogens with zero attached hydrogens (tertiary/aromatic N) is 1. The zero-order chi connectivity index (χ0) is 13.9. The number of sulfonamides is 1. The van der Waals surface area contributed by atoms with Crippen LogP contribution in [0.4, 0.5) is 0 Å². The number of ether oxygens (including phenoxy) is 1. The number of aromatic nitrogens is 1. The molecule has 0 saturated carbocycles. The van der Waals surface area contributed by atoms with Gasteiger partial charge in [0.2, 0.25) is 15.9 Å². The summed E-state index contributed by atoms with van der Waals surface area (Å²) in [6, 6.07) is 10.3. The first kappa shape index (κ1) is 14.0. The van der Waals surface area contributed by atoms with Gasteiger partial charge in [0.05, 0.1) is 0 Å². The Morgan fingerprint density at radius 1 is 1.26 bits per heavy atom. The van der Waals surface area contributed by atoms with Crippen LogP contribution in [0.15, 0.2) is 52.0 Å². The number of nitrogens with two attached hydrogens (primary N) is 1.